The minimum Gasteiger partial charge on any atom is -0.315 e. The molecule has 19 heavy (non-hydrogen) atoms. The zero-order valence-electron chi connectivity index (χ0n) is 11.1. The Bertz CT molecular complexity index is 317. The Labute approximate surface area is 112 Å². The van der Waals surface area contributed by atoms with Crippen LogP contribution in [-0.4, -0.2) is 67.3 Å². The molecule has 1 aliphatic carbocycles. The largest absolute Gasteiger partial charge is 0.394 e. The highest BCUT2D eigenvalue weighted by molar-refractivity contribution is 4.94. The number of nitrogens with one attached hydrogen (secondary N) is 1. The fourth-order valence-corrected chi connectivity index (χ4v) is 3.33. The maximum atomic E-state index is 12.9. The van der Waals surface area contributed by atoms with E-state index in [1.165, 1.54) is 12.8 Å². The van der Waals surface area contributed by atoms with Gasteiger partial charge in [0.25, 0.3) is 0 Å². The summed E-state index contributed by atoms with van der Waals surface area (Å²) in [6.45, 7) is 3.69. The fraction of sp³-hybridized carbons (Fsp3) is 1.00. The molecule has 6 heteroatoms. The number of likely N-dealkylation sites (tertiary alicyclic amines) is 1. The molecule has 110 valence electrons. The number of hydrogen-bond acceptors (Lipinski definition) is 3. The van der Waals surface area contributed by atoms with Crippen molar-refractivity contribution in [3.8, 4) is 0 Å². The zero-order valence-corrected chi connectivity index (χ0v) is 11.1. The SMILES string of the molecule is FC(F)(F)C1CNCCN(C2CCN(C3CC3)C2)C1. The lowest BCUT2D eigenvalue weighted by Crippen LogP contribution is -2.44. The molecule has 0 aromatic heterocycles. The maximum Gasteiger partial charge on any atom is 0.394 e. The van der Waals surface area contributed by atoms with E-state index >= 15 is 0 Å². The molecule has 3 fully saturated rings. The van der Waals surface area contributed by atoms with E-state index in [1.807, 2.05) is 0 Å². The number of halogens is 3. The molecular formula is C13H22F3N3. The van der Waals surface area contributed by atoms with Gasteiger partial charge in [0.1, 0.15) is 0 Å². The van der Waals surface area contributed by atoms with Crippen LogP contribution in [0, 0.1) is 5.92 Å². The third-order valence-corrected chi connectivity index (χ3v) is 4.66. The summed E-state index contributed by atoms with van der Waals surface area (Å²) in [5.41, 5.74) is 0. The van der Waals surface area contributed by atoms with E-state index in [0.29, 0.717) is 12.6 Å². The van der Waals surface area contributed by atoms with Gasteiger partial charge in [-0.15, -0.1) is 0 Å². The van der Waals surface area contributed by atoms with Gasteiger partial charge in [-0.05, 0) is 19.3 Å². The van der Waals surface area contributed by atoms with Crippen molar-refractivity contribution in [2.24, 2.45) is 5.92 Å². The van der Waals surface area contributed by atoms with Crippen LogP contribution in [0.2, 0.25) is 0 Å². The molecule has 0 bridgehead atoms. The van der Waals surface area contributed by atoms with Crippen molar-refractivity contribution >= 4 is 0 Å². The molecule has 3 rings (SSSR count). The number of nitrogens with zero attached hydrogens (tertiary/aromatic N) is 2. The van der Waals surface area contributed by atoms with Gasteiger partial charge in [-0.2, -0.15) is 13.2 Å². The van der Waals surface area contributed by atoms with E-state index in [2.05, 4.69) is 15.1 Å². The predicted octanol–water partition coefficient (Wildman–Crippen LogP) is 1.31. The molecule has 3 nitrogen and oxygen atoms in total. The van der Waals surface area contributed by atoms with E-state index in [4.69, 9.17) is 0 Å². The van der Waals surface area contributed by atoms with Gasteiger partial charge in [0, 0.05) is 51.4 Å². The Morgan fingerprint density at radius 3 is 2.32 bits per heavy atom. The van der Waals surface area contributed by atoms with Gasteiger partial charge in [-0.25, -0.2) is 0 Å². The molecule has 0 amide bonds. The monoisotopic (exact) mass is 277 g/mol. The molecule has 2 saturated heterocycles. The van der Waals surface area contributed by atoms with Gasteiger partial charge < -0.3 is 5.32 Å². The first-order chi connectivity index (χ1) is 9.04. The van der Waals surface area contributed by atoms with E-state index in [1.54, 1.807) is 0 Å². The molecule has 0 radical (unpaired) electrons. The number of alkyl halides is 3. The van der Waals surface area contributed by atoms with Crippen molar-refractivity contribution in [3.05, 3.63) is 0 Å². The molecule has 2 heterocycles. The molecule has 1 saturated carbocycles. The Morgan fingerprint density at radius 2 is 1.63 bits per heavy atom. The van der Waals surface area contributed by atoms with Gasteiger partial charge in [0.15, 0.2) is 0 Å². The van der Waals surface area contributed by atoms with Gasteiger partial charge >= 0.3 is 6.18 Å². The van der Waals surface area contributed by atoms with Crippen LogP contribution in [0.1, 0.15) is 19.3 Å². The second-order valence-corrected chi connectivity index (χ2v) is 6.11. The second-order valence-electron chi connectivity index (χ2n) is 6.11. The minimum absolute atomic E-state index is 0.0685. The molecule has 0 aromatic carbocycles. The van der Waals surface area contributed by atoms with Crippen molar-refractivity contribution in [1.82, 2.24) is 15.1 Å². The molecular weight excluding hydrogens is 255 g/mol. The first-order valence-corrected chi connectivity index (χ1v) is 7.29. The van der Waals surface area contributed by atoms with Crippen LogP contribution >= 0.6 is 0 Å². The van der Waals surface area contributed by atoms with E-state index in [-0.39, 0.29) is 13.1 Å². The summed E-state index contributed by atoms with van der Waals surface area (Å²) in [4.78, 5) is 4.53. The Hall–Kier alpha value is -0.330. The van der Waals surface area contributed by atoms with E-state index < -0.39 is 12.1 Å². The lowest BCUT2D eigenvalue weighted by molar-refractivity contribution is -0.176. The van der Waals surface area contributed by atoms with Crippen LogP contribution in [0.4, 0.5) is 13.2 Å². The molecule has 1 N–H and O–H groups in total. The van der Waals surface area contributed by atoms with Gasteiger partial charge in [-0.3, -0.25) is 9.80 Å². The van der Waals surface area contributed by atoms with Crippen LogP contribution in [0.3, 0.4) is 0 Å². The quantitative estimate of drug-likeness (QED) is 0.821. The number of rotatable bonds is 2. The van der Waals surface area contributed by atoms with E-state index in [9.17, 15) is 13.2 Å². The Morgan fingerprint density at radius 1 is 0.895 bits per heavy atom. The van der Waals surface area contributed by atoms with Gasteiger partial charge in [0.05, 0.1) is 5.92 Å². The fourth-order valence-electron chi connectivity index (χ4n) is 3.33. The van der Waals surface area contributed by atoms with Crippen molar-refractivity contribution in [2.45, 2.75) is 37.5 Å². The summed E-state index contributed by atoms with van der Waals surface area (Å²) in [5, 5.41) is 2.93. The van der Waals surface area contributed by atoms with Crippen molar-refractivity contribution < 1.29 is 13.2 Å². The molecule has 2 atom stereocenters. The number of hydrogen-bond donors (Lipinski definition) is 1. The normalized spacial score (nSPS) is 35.5. The van der Waals surface area contributed by atoms with E-state index in [0.717, 1.165) is 32.1 Å². The smallest absolute Gasteiger partial charge is 0.315 e. The highest BCUT2D eigenvalue weighted by atomic mass is 19.4. The summed E-state index contributed by atoms with van der Waals surface area (Å²) in [6.07, 6.45) is -0.496. The highest BCUT2D eigenvalue weighted by Crippen LogP contribution is 2.33. The Kier molecular flexibility index (Phi) is 3.75. The van der Waals surface area contributed by atoms with Crippen LogP contribution in [-0.2, 0) is 0 Å². The molecule has 0 aromatic rings. The van der Waals surface area contributed by atoms with Crippen molar-refractivity contribution in [2.75, 3.05) is 39.3 Å². The lowest BCUT2D eigenvalue weighted by Gasteiger charge is -2.30. The molecule has 3 aliphatic rings. The lowest BCUT2D eigenvalue weighted by atomic mass is 10.1. The second kappa shape index (κ2) is 5.22. The summed E-state index contributed by atoms with van der Waals surface area (Å²) in [6, 6.07) is 1.05. The van der Waals surface area contributed by atoms with Crippen molar-refractivity contribution in [3.63, 3.8) is 0 Å². The third-order valence-electron chi connectivity index (χ3n) is 4.66. The summed E-state index contributed by atoms with van der Waals surface area (Å²) in [5.74, 6) is -1.22. The summed E-state index contributed by atoms with van der Waals surface area (Å²) in [7, 11) is 0. The summed E-state index contributed by atoms with van der Waals surface area (Å²) < 4.78 is 38.8. The van der Waals surface area contributed by atoms with Crippen LogP contribution in [0.25, 0.3) is 0 Å². The third kappa shape index (κ3) is 3.23. The average molecular weight is 277 g/mol. The first-order valence-electron chi connectivity index (χ1n) is 7.29. The Balaban J connectivity index is 1.59. The predicted molar refractivity (Wildman–Crippen MR) is 67.0 cm³/mol. The first kappa shape index (κ1) is 13.6. The van der Waals surface area contributed by atoms with Crippen LogP contribution in [0.15, 0.2) is 0 Å². The average Bonchev–Trinajstić information content (AvgIpc) is 3.12. The zero-order chi connectivity index (χ0) is 13.5. The van der Waals surface area contributed by atoms with Gasteiger partial charge in [0.2, 0.25) is 0 Å². The molecule has 2 aliphatic heterocycles. The standard InChI is InChI=1S/C13H22F3N3/c14-13(15,16)10-7-17-4-6-19(8-10)12-3-5-18(9-12)11-1-2-11/h10-12,17H,1-9H2. The highest BCUT2D eigenvalue weighted by Gasteiger charge is 2.43. The van der Waals surface area contributed by atoms with Crippen LogP contribution in [0.5, 0.6) is 0 Å². The van der Waals surface area contributed by atoms with Crippen LogP contribution < -0.4 is 5.32 Å². The van der Waals surface area contributed by atoms with Gasteiger partial charge in [-0.1, -0.05) is 0 Å². The topological polar surface area (TPSA) is 18.5 Å². The van der Waals surface area contributed by atoms with Crippen molar-refractivity contribution in [1.29, 1.82) is 0 Å². The molecule has 2 unspecified atom stereocenters. The molecule has 0 spiro atoms. The summed E-state index contributed by atoms with van der Waals surface area (Å²) >= 11 is 0. The minimum atomic E-state index is -4.08. The maximum absolute atomic E-state index is 12.9.